The summed E-state index contributed by atoms with van der Waals surface area (Å²) < 4.78 is 114. The Labute approximate surface area is 309 Å². The highest BCUT2D eigenvalue weighted by Crippen LogP contribution is 2.20. The quantitative estimate of drug-likeness (QED) is 0.132. The van der Waals surface area contributed by atoms with Crippen molar-refractivity contribution in [3.05, 3.63) is 119 Å². The molecule has 4 aromatic rings. The normalized spacial score (nSPS) is 12.8. The van der Waals surface area contributed by atoms with Gasteiger partial charge in [-0.2, -0.15) is 8.61 Å². The molecule has 0 saturated heterocycles. The van der Waals surface area contributed by atoms with Crippen LogP contribution in [0, 0.1) is 27.7 Å². The molecule has 0 unspecified atom stereocenters. The van der Waals surface area contributed by atoms with Crippen molar-refractivity contribution in [3.63, 3.8) is 0 Å². The standard InChI is InChI=1S/C36H46N4O8S4/c1-29-7-15-33(16-8-29)49(41,42)37-23-27-39(51(45,46)35-19-11-31(3)12-20-35)25-5-6-26-40(52(47,48)36-21-13-32(4)14-22-36)28-24-38-50(43,44)34-17-9-30(2)10-18-34/h7-22,37-38H,5-6,23-28H2,1-4H3. The van der Waals surface area contributed by atoms with Crippen LogP contribution < -0.4 is 9.44 Å². The van der Waals surface area contributed by atoms with E-state index in [1.54, 1.807) is 48.5 Å². The number of nitrogens with zero attached hydrogens (tertiary/aromatic N) is 2. The molecule has 282 valence electrons. The van der Waals surface area contributed by atoms with Crippen LogP contribution in [0.5, 0.6) is 0 Å². The molecule has 0 aliphatic heterocycles. The van der Waals surface area contributed by atoms with E-state index >= 15 is 0 Å². The van der Waals surface area contributed by atoms with Crippen LogP contribution in [0.4, 0.5) is 0 Å². The van der Waals surface area contributed by atoms with Crippen molar-refractivity contribution in [1.82, 2.24) is 18.1 Å². The molecule has 12 nitrogen and oxygen atoms in total. The van der Waals surface area contributed by atoms with Gasteiger partial charge < -0.3 is 0 Å². The van der Waals surface area contributed by atoms with Crippen LogP contribution in [-0.2, 0) is 40.1 Å². The minimum absolute atomic E-state index is 0.0268. The molecule has 16 heteroatoms. The van der Waals surface area contributed by atoms with Crippen molar-refractivity contribution in [1.29, 1.82) is 0 Å². The number of nitrogens with one attached hydrogen (secondary N) is 2. The van der Waals surface area contributed by atoms with E-state index in [0.29, 0.717) is 0 Å². The lowest BCUT2D eigenvalue weighted by Crippen LogP contribution is -2.40. The van der Waals surface area contributed by atoms with Gasteiger partial charge in [-0.05, 0) is 89.1 Å². The Morgan fingerprint density at radius 2 is 0.635 bits per heavy atom. The van der Waals surface area contributed by atoms with Crippen molar-refractivity contribution < 1.29 is 33.7 Å². The molecule has 4 aromatic carbocycles. The van der Waals surface area contributed by atoms with Crippen LogP contribution in [0.3, 0.4) is 0 Å². The fourth-order valence-electron chi connectivity index (χ4n) is 5.21. The highest BCUT2D eigenvalue weighted by Gasteiger charge is 2.27. The van der Waals surface area contributed by atoms with Gasteiger partial charge in [0.15, 0.2) is 0 Å². The number of unbranched alkanes of at least 4 members (excludes halogenated alkanes) is 1. The Bertz CT molecular complexity index is 2070. The molecule has 0 spiro atoms. The first-order chi connectivity index (χ1) is 24.4. The molecule has 0 aliphatic rings. The molecule has 0 aromatic heterocycles. The third-order valence-electron chi connectivity index (χ3n) is 8.35. The highest BCUT2D eigenvalue weighted by molar-refractivity contribution is 7.90. The van der Waals surface area contributed by atoms with E-state index in [-0.39, 0.29) is 71.7 Å². The largest absolute Gasteiger partial charge is 0.243 e. The van der Waals surface area contributed by atoms with Crippen LogP contribution in [0.15, 0.2) is 117 Å². The lowest BCUT2D eigenvalue weighted by molar-refractivity contribution is 0.370. The van der Waals surface area contributed by atoms with Crippen LogP contribution in [0.25, 0.3) is 0 Å². The molecule has 0 atom stereocenters. The molecular weight excluding hydrogens is 745 g/mol. The van der Waals surface area contributed by atoms with Crippen LogP contribution >= 0.6 is 0 Å². The maximum absolute atomic E-state index is 13.8. The smallest absolute Gasteiger partial charge is 0.210 e. The summed E-state index contributed by atoms with van der Waals surface area (Å²) in [6.45, 7) is 6.54. The molecule has 0 amide bonds. The van der Waals surface area contributed by atoms with Gasteiger partial charge in [-0.25, -0.2) is 43.1 Å². The van der Waals surface area contributed by atoms with Crippen LogP contribution in [-0.4, -0.2) is 81.6 Å². The second-order valence-corrected chi connectivity index (χ2v) is 20.0. The summed E-state index contributed by atoms with van der Waals surface area (Å²) in [5.41, 5.74) is 3.52. The molecule has 0 fully saturated rings. The van der Waals surface area contributed by atoms with Gasteiger partial charge in [0.25, 0.3) is 0 Å². The van der Waals surface area contributed by atoms with E-state index in [1.165, 1.54) is 57.1 Å². The van der Waals surface area contributed by atoms with E-state index < -0.39 is 40.1 Å². The SMILES string of the molecule is Cc1ccc(S(=O)(=O)NCCN(CCCCN(CCNS(=O)(=O)c2ccc(C)cc2)S(=O)(=O)c2ccc(C)cc2)S(=O)(=O)c2ccc(C)cc2)cc1. The molecule has 0 saturated carbocycles. The molecule has 52 heavy (non-hydrogen) atoms. The maximum Gasteiger partial charge on any atom is 0.243 e. The first-order valence-corrected chi connectivity index (χ1v) is 22.5. The summed E-state index contributed by atoms with van der Waals surface area (Å²) >= 11 is 0. The van der Waals surface area contributed by atoms with Crippen molar-refractivity contribution in [2.75, 3.05) is 39.3 Å². The number of rotatable bonds is 19. The molecule has 0 radical (unpaired) electrons. The fraction of sp³-hybridized carbons (Fsp3) is 0.333. The van der Waals surface area contributed by atoms with E-state index in [1.807, 2.05) is 27.7 Å². The first-order valence-electron chi connectivity index (χ1n) is 16.7. The zero-order valence-corrected chi connectivity index (χ0v) is 33.0. The Hall–Kier alpha value is -3.48. The van der Waals surface area contributed by atoms with E-state index in [2.05, 4.69) is 9.44 Å². The Kier molecular flexibility index (Phi) is 13.9. The second kappa shape index (κ2) is 17.6. The third-order valence-corrected chi connectivity index (χ3v) is 15.1. The topological polar surface area (TPSA) is 167 Å². The van der Waals surface area contributed by atoms with Gasteiger partial charge in [0, 0.05) is 39.3 Å². The third kappa shape index (κ3) is 11.0. The Morgan fingerprint density at radius 1 is 0.385 bits per heavy atom. The molecule has 0 aliphatic carbocycles. The summed E-state index contributed by atoms with van der Waals surface area (Å²) in [4.78, 5) is 0.206. The minimum atomic E-state index is -4.05. The number of hydrogen-bond donors (Lipinski definition) is 2. The summed E-state index contributed by atoms with van der Waals surface area (Å²) in [5.74, 6) is 0. The highest BCUT2D eigenvalue weighted by atomic mass is 32.2. The molecular formula is C36H46N4O8S4. The maximum atomic E-state index is 13.8. The lowest BCUT2D eigenvalue weighted by Gasteiger charge is -2.25. The molecule has 0 heterocycles. The minimum Gasteiger partial charge on any atom is -0.210 e. The monoisotopic (exact) mass is 790 g/mol. The van der Waals surface area contributed by atoms with Gasteiger partial charge >= 0.3 is 0 Å². The Morgan fingerprint density at radius 3 is 0.904 bits per heavy atom. The summed E-state index contributed by atoms with van der Waals surface area (Å²) in [6, 6.07) is 25.2. The average molecular weight is 791 g/mol. The number of sulfonamides is 4. The van der Waals surface area contributed by atoms with E-state index in [4.69, 9.17) is 0 Å². The van der Waals surface area contributed by atoms with Crippen LogP contribution in [0.1, 0.15) is 35.1 Å². The summed E-state index contributed by atoms with van der Waals surface area (Å²) in [5, 5.41) is 0. The second-order valence-electron chi connectivity index (χ2n) is 12.6. The zero-order valence-electron chi connectivity index (χ0n) is 29.7. The average Bonchev–Trinajstić information content (AvgIpc) is 3.09. The number of hydrogen-bond acceptors (Lipinski definition) is 8. The van der Waals surface area contributed by atoms with Crippen LogP contribution in [0.2, 0.25) is 0 Å². The fourth-order valence-corrected chi connectivity index (χ4v) is 10.2. The molecule has 4 rings (SSSR count). The number of benzene rings is 4. The van der Waals surface area contributed by atoms with Crippen molar-refractivity contribution >= 4 is 40.1 Å². The van der Waals surface area contributed by atoms with Crippen molar-refractivity contribution in [2.45, 2.75) is 60.1 Å². The first kappa shape index (κ1) is 41.3. The van der Waals surface area contributed by atoms with Gasteiger partial charge in [0.05, 0.1) is 19.6 Å². The summed E-state index contributed by atoms with van der Waals surface area (Å²) in [6.07, 6.45) is 0.454. The van der Waals surface area contributed by atoms with Gasteiger partial charge in [-0.1, -0.05) is 70.8 Å². The van der Waals surface area contributed by atoms with Gasteiger partial charge in [-0.15, -0.1) is 0 Å². The van der Waals surface area contributed by atoms with Crippen molar-refractivity contribution in [3.8, 4) is 0 Å². The predicted molar refractivity (Wildman–Crippen MR) is 202 cm³/mol. The van der Waals surface area contributed by atoms with Crippen molar-refractivity contribution in [2.24, 2.45) is 0 Å². The zero-order chi connectivity index (χ0) is 38.2. The van der Waals surface area contributed by atoms with E-state index in [0.717, 1.165) is 22.3 Å². The predicted octanol–water partition coefficient (Wildman–Crippen LogP) is 4.34. The number of aryl methyl sites for hydroxylation is 4. The van der Waals surface area contributed by atoms with Gasteiger partial charge in [-0.3, -0.25) is 0 Å². The Balaban J connectivity index is 1.48. The molecule has 0 bridgehead atoms. The summed E-state index contributed by atoms with van der Waals surface area (Å²) in [7, 11) is -15.9. The van der Waals surface area contributed by atoms with Gasteiger partial charge in [0.1, 0.15) is 0 Å². The van der Waals surface area contributed by atoms with E-state index in [9.17, 15) is 33.7 Å². The van der Waals surface area contributed by atoms with Gasteiger partial charge in [0.2, 0.25) is 40.1 Å². The molecule has 2 N–H and O–H groups in total. The lowest BCUT2D eigenvalue weighted by atomic mass is 10.2.